The van der Waals surface area contributed by atoms with E-state index in [0.29, 0.717) is 10.3 Å². The zero-order valence-electron chi connectivity index (χ0n) is 14.8. The maximum Gasteiger partial charge on any atom is 0.236 e. The fourth-order valence-corrected chi connectivity index (χ4v) is 3.41. The SMILES string of the molecule is CC(C)(C)c1nc(SCC(=O)Nc2nc(-c3cc(F)ccc3F)cs2)n[nH]1. The van der Waals surface area contributed by atoms with Crippen molar-refractivity contribution in [2.75, 3.05) is 11.1 Å². The van der Waals surface area contributed by atoms with Crippen LogP contribution in [0.2, 0.25) is 0 Å². The van der Waals surface area contributed by atoms with Gasteiger partial charge in [0.15, 0.2) is 5.13 Å². The smallest absolute Gasteiger partial charge is 0.236 e. The molecule has 0 bridgehead atoms. The lowest BCUT2D eigenvalue weighted by Crippen LogP contribution is -2.14. The minimum Gasteiger partial charge on any atom is -0.301 e. The molecular weight excluding hydrogens is 392 g/mol. The summed E-state index contributed by atoms with van der Waals surface area (Å²) in [6.07, 6.45) is 0. The van der Waals surface area contributed by atoms with Crippen LogP contribution in [0.15, 0.2) is 28.7 Å². The van der Waals surface area contributed by atoms with Crippen molar-refractivity contribution in [3.05, 3.63) is 41.0 Å². The van der Waals surface area contributed by atoms with Gasteiger partial charge in [0, 0.05) is 16.4 Å². The summed E-state index contributed by atoms with van der Waals surface area (Å²) in [7, 11) is 0. The highest BCUT2D eigenvalue weighted by Crippen LogP contribution is 2.28. The van der Waals surface area contributed by atoms with Gasteiger partial charge >= 0.3 is 0 Å². The van der Waals surface area contributed by atoms with E-state index in [0.717, 1.165) is 35.4 Å². The van der Waals surface area contributed by atoms with E-state index in [1.807, 2.05) is 20.8 Å². The van der Waals surface area contributed by atoms with Gasteiger partial charge < -0.3 is 5.32 Å². The second-order valence-corrected chi connectivity index (χ2v) is 8.52. The van der Waals surface area contributed by atoms with E-state index in [1.165, 1.54) is 11.8 Å². The molecule has 2 N–H and O–H groups in total. The van der Waals surface area contributed by atoms with Crippen molar-refractivity contribution in [2.45, 2.75) is 31.3 Å². The van der Waals surface area contributed by atoms with Crippen molar-refractivity contribution in [3.8, 4) is 11.3 Å². The summed E-state index contributed by atoms with van der Waals surface area (Å²) in [6.45, 7) is 6.03. The van der Waals surface area contributed by atoms with Gasteiger partial charge in [0.25, 0.3) is 0 Å². The van der Waals surface area contributed by atoms with Gasteiger partial charge in [-0.2, -0.15) is 0 Å². The average molecular weight is 409 g/mol. The summed E-state index contributed by atoms with van der Waals surface area (Å²) in [5.74, 6) is -0.572. The monoisotopic (exact) mass is 409 g/mol. The fraction of sp³-hybridized carbons (Fsp3) is 0.294. The number of carbonyl (C=O) groups is 1. The third-order valence-corrected chi connectivity index (χ3v) is 5.07. The molecular formula is C17H17F2N5OS2. The zero-order valence-corrected chi connectivity index (χ0v) is 16.5. The van der Waals surface area contributed by atoms with Gasteiger partial charge in [-0.3, -0.25) is 9.89 Å². The molecule has 0 saturated heterocycles. The van der Waals surface area contributed by atoms with Gasteiger partial charge in [-0.25, -0.2) is 18.7 Å². The van der Waals surface area contributed by atoms with Crippen molar-refractivity contribution >= 4 is 34.1 Å². The van der Waals surface area contributed by atoms with E-state index < -0.39 is 11.6 Å². The van der Waals surface area contributed by atoms with E-state index in [-0.39, 0.29) is 28.3 Å². The number of benzene rings is 1. The van der Waals surface area contributed by atoms with Crippen LogP contribution < -0.4 is 5.32 Å². The molecule has 3 aromatic rings. The van der Waals surface area contributed by atoms with Crippen LogP contribution in [0, 0.1) is 11.6 Å². The number of halogens is 2. The minimum absolute atomic E-state index is 0.0524. The van der Waals surface area contributed by atoms with Gasteiger partial charge in [0.05, 0.1) is 11.4 Å². The number of aromatic amines is 1. The largest absolute Gasteiger partial charge is 0.301 e. The first-order valence-electron chi connectivity index (χ1n) is 7.99. The second-order valence-electron chi connectivity index (χ2n) is 6.72. The molecule has 1 aromatic carbocycles. The van der Waals surface area contributed by atoms with Crippen LogP contribution in [-0.4, -0.2) is 31.8 Å². The highest BCUT2D eigenvalue weighted by molar-refractivity contribution is 7.99. The van der Waals surface area contributed by atoms with Crippen LogP contribution in [0.1, 0.15) is 26.6 Å². The molecule has 2 heterocycles. The predicted octanol–water partition coefficient (Wildman–Crippen LogP) is 4.23. The van der Waals surface area contributed by atoms with Crippen LogP contribution in [0.3, 0.4) is 0 Å². The molecule has 142 valence electrons. The number of anilines is 1. The molecule has 0 aliphatic heterocycles. The Bertz CT molecular complexity index is 964. The van der Waals surface area contributed by atoms with Crippen LogP contribution in [0.5, 0.6) is 0 Å². The maximum atomic E-state index is 13.8. The van der Waals surface area contributed by atoms with E-state index >= 15 is 0 Å². The standard InChI is InChI=1S/C17H17F2N5OS2/c1-17(2,3)14-22-16(24-23-14)27-8-13(25)21-15-20-12(7-26-15)10-6-9(18)4-5-11(10)19/h4-7H,8H2,1-3H3,(H,20,21,25)(H,22,23,24). The molecule has 2 aromatic heterocycles. The Labute approximate surface area is 162 Å². The Morgan fingerprint density at radius 3 is 2.78 bits per heavy atom. The first-order valence-corrected chi connectivity index (χ1v) is 9.85. The number of thiazole rings is 1. The number of thioether (sulfide) groups is 1. The molecule has 0 aliphatic carbocycles. The van der Waals surface area contributed by atoms with E-state index in [1.54, 1.807) is 5.38 Å². The lowest BCUT2D eigenvalue weighted by Gasteiger charge is -2.12. The summed E-state index contributed by atoms with van der Waals surface area (Å²) in [6, 6.07) is 3.16. The normalized spacial score (nSPS) is 11.6. The lowest BCUT2D eigenvalue weighted by molar-refractivity contribution is -0.113. The summed E-state index contributed by atoms with van der Waals surface area (Å²) in [4.78, 5) is 20.6. The van der Waals surface area contributed by atoms with Crippen LogP contribution >= 0.6 is 23.1 Å². The number of H-pyrrole nitrogens is 1. The number of hydrogen-bond acceptors (Lipinski definition) is 6. The van der Waals surface area contributed by atoms with Crippen molar-refractivity contribution < 1.29 is 13.6 Å². The Morgan fingerprint density at radius 1 is 1.30 bits per heavy atom. The van der Waals surface area contributed by atoms with Crippen LogP contribution in [0.25, 0.3) is 11.3 Å². The predicted molar refractivity (Wildman–Crippen MR) is 102 cm³/mol. The molecule has 3 rings (SSSR count). The first kappa shape index (κ1) is 19.4. The topological polar surface area (TPSA) is 83.6 Å². The minimum atomic E-state index is -0.575. The van der Waals surface area contributed by atoms with Gasteiger partial charge in [-0.05, 0) is 18.2 Å². The quantitative estimate of drug-likeness (QED) is 0.616. The molecule has 0 aliphatic rings. The summed E-state index contributed by atoms with van der Waals surface area (Å²) in [5, 5.41) is 11.9. The molecule has 1 amide bonds. The highest BCUT2D eigenvalue weighted by atomic mass is 32.2. The van der Waals surface area contributed by atoms with E-state index in [4.69, 9.17) is 0 Å². The van der Waals surface area contributed by atoms with E-state index in [2.05, 4.69) is 25.5 Å². The molecule has 0 fully saturated rings. The van der Waals surface area contributed by atoms with Gasteiger partial charge in [-0.1, -0.05) is 32.5 Å². The van der Waals surface area contributed by atoms with Crippen LogP contribution in [0.4, 0.5) is 13.9 Å². The van der Waals surface area contributed by atoms with Crippen molar-refractivity contribution in [1.29, 1.82) is 0 Å². The Hall–Kier alpha value is -2.33. The number of amides is 1. The molecule has 0 unspecified atom stereocenters. The maximum absolute atomic E-state index is 13.8. The summed E-state index contributed by atoms with van der Waals surface area (Å²) < 4.78 is 27.1. The number of aromatic nitrogens is 4. The molecule has 0 saturated carbocycles. The number of rotatable bonds is 5. The number of nitrogens with one attached hydrogen (secondary N) is 2. The zero-order chi connectivity index (χ0) is 19.6. The average Bonchev–Trinajstić information content (AvgIpc) is 3.24. The number of hydrogen-bond donors (Lipinski definition) is 2. The third kappa shape index (κ3) is 4.89. The Balaban J connectivity index is 1.60. The molecule has 0 atom stereocenters. The second kappa shape index (κ2) is 7.73. The van der Waals surface area contributed by atoms with E-state index in [9.17, 15) is 13.6 Å². The number of carbonyl (C=O) groups excluding carboxylic acids is 1. The molecule has 0 spiro atoms. The lowest BCUT2D eigenvalue weighted by atomic mass is 9.96. The van der Waals surface area contributed by atoms with Gasteiger partial charge in [0.2, 0.25) is 11.1 Å². The molecule has 6 nitrogen and oxygen atoms in total. The van der Waals surface area contributed by atoms with Crippen LogP contribution in [-0.2, 0) is 10.2 Å². The van der Waals surface area contributed by atoms with Crippen molar-refractivity contribution in [3.63, 3.8) is 0 Å². The Morgan fingerprint density at radius 2 is 2.07 bits per heavy atom. The molecule has 10 heteroatoms. The Kier molecular flexibility index (Phi) is 5.56. The molecule has 27 heavy (non-hydrogen) atoms. The summed E-state index contributed by atoms with van der Waals surface area (Å²) >= 11 is 2.33. The number of nitrogens with zero attached hydrogens (tertiary/aromatic N) is 3. The fourth-order valence-electron chi connectivity index (χ4n) is 2.08. The van der Waals surface area contributed by atoms with Crippen molar-refractivity contribution in [1.82, 2.24) is 20.2 Å². The first-order chi connectivity index (χ1) is 12.7. The van der Waals surface area contributed by atoms with Gasteiger partial charge in [-0.15, -0.1) is 16.4 Å². The third-order valence-electron chi connectivity index (χ3n) is 3.46. The van der Waals surface area contributed by atoms with Crippen molar-refractivity contribution in [2.24, 2.45) is 0 Å². The van der Waals surface area contributed by atoms with Gasteiger partial charge in [0.1, 0.15) is 17.5 Å². The molecule has 0 radical (unpaired) electrons. The highest BCUT2D eigenvalue weighted by Gasteiger charge is 2.19. The summed E-state index contributed by atoms with van der Waals surface area (Å²) in [5.41, 5.74) is 0.165.